The summed E-state index contributed by atoms with van der Waals surface area (Å²) in [7, 11) is 0. The molecule has 1 unspecified atom stereocenters. The van der Waals surface area contributed by atoms with Gasteiger partial charge in [0.2, 0.25) is 0 Å². The van der Waals surface area contributed by atoms with Crippen LogP contribution >= 0.6 is 0 Å². The summed E-state index contributed by atoms with van der Waals surface area (Å²) in [5, 5.41) is 18.4. The smallest absolute Gasteiger partial charge is 0.330 e. The highest BCUT2D eigenvalue weighted by atomic mass is 16.4. The number of carbonyl (C=O) groups is 1. The molecule has 0 radical (unpaired) electrons. The predicted octanol–water partition coefficient (Wildman–Crippen LogP) is 3.46. The van der Waals surface area contributed by atoms with E-state index in [1.807, 2.05) is 6.92 Å². The van der Waals surface area contributed by atoms with Gasteiger partial charge in [-0.1, -0.05) is 23.8 Å². The maximum Gasteiger partial charge on any atom is 0.330 e. The quantitative estimate of drug-likeness (QED) is 0.514. The molecule has 0 heterocycles. The van der Waals surface area contributed by atoms with Gasteiger partial charge in [0, 0.05) is 5.57 Å². The third-order valence-corrected chi connectivity index (χ3v) is 2.91. The Bertz CT molecular complexity index is 349. The van der Waals surface area contributed by atoms with Gasteiger partial charge in [-0.2, -0.15) is 0 Å². The number of carboxylic acids is 1. The summed E-state index contributed by atoms with van der Waals surface area (Å²) in [5.74, 6) is -0.862. The third kappa shape index (κ3) is 7.85. The van der Waals surface area contributed by atoms with Gasteiger partial charge in [-0.3, -0.25) is 0 Å². The lowest BCUT2D eigenvalue weighted by molar-refractivity contribution is -0.132. The molecule has 0 fully saturated rings. The Morgan fingerprint density at radius 3 is 2.39 bits per heavy atom. The van der Waals surface area contributed by atoms with Crippen molar-refractivity contribution in [2.75, 3.05) is 0 Å². The predicted molar refractivity (Wildman–Crippen MR) is 74.4 cm³/mol. The fourth-order valence-electron chi connectivity index (χ4n) is 1.42. The number of hydrogen-bond acceptors (Lipinski definition) is 2. The van der Waals surface area contributed by atoms with Gasteiger partial charge >= 0.3 is 5.97 Å². The molecule has 2 N–H and O–H groups in total. The van der Waals surface area contributed by atoms with Crippen LogP contribution in [0, 0.1) is 0 Å². The minimum absolute atomic E-state index is 0.386. The lowest BCUT2D eigenvalue weighted by atomic mass is 9.99. The molecule has 102 valence electrons. The van der Waals surface area contributed by atoms with Crippen molar-refractivity contribution in [3.05, 3.63) is 36.0 Å². The molecule has 3 nitrogen and oxygen atoms in total. The maximum atomic E-state index is 10.6. The average molecular weight is 252 g/mol. The van der Waals surface area contributed by atoms with E-state index < -0.39 is 11.6 Å². The number of hydrogen-bond donors (Lipinski definition) is 2. The van der Waals surface area contributed by atoms with Crippen molar-refractivity contribution >= 4 is 5.97 Å². The summed E-state index contributed by atoms with van der Waals surface area (Å²) >= 11 is 0. The summed E-state index contributed by atoms with van der Waals surface area (Å²) in [5.41, 5.74) is 0.790. The minimum Gasteiger partial charge on any atom is -0.478 e. The second-order valence-electron chi connectivity index (χ2n) is 4.88. The summed E-state index contributed by atoms with van der Waals surface area (Å²) in [4.78, 5) is 10.6. The van der Waals surface area contributed by atoms with E-state index in [0.717, 1.165) is 19.3 Å². The first-order valence-corrected chi connectivity index (χ1v) is 6.20. The second kappa shape index (κ2) is 7.88. The Morgan fingerprint density at radius 2 is 1.89 bits per heavy atom. The molecule has 0 aromatic carbocycles. The molecule has 0 spiro atoms. The van der Waals surface area contributed by atoms with E-state index in [2.05, 4.69) is 12.7 Å². The number of allylic oxidation sites excluding steroid dienone is 3. The van der Waals surface area contributed by atoms with Crippen LogP contribution in [0.4, 0.5) is 0 Å². The van der Waals surface area contributed by atoms with Crippen LogP contribution in [0.25, 0.3) is 0 Å². The Balaban J connectivity index is 4.03. The third-order valence-electron chi connectivity index (χ3n) is 2.91. The molecule has 0 bridgehead atoms. The molecule has 0 amide bonds. The van der Waals surface area contributed by atoms with Gasteiger partial charge < -0.3 is 10.2 Å². The first-order chi connectivity index (χ1) is 8.28. The molecule has 3 heteroatoms. The van der Waals surface area contributed by atoms with Crippen molar-refractivity contribution in [3.8, 4) is 0 Å². The van der Waals surface area contributed by atoms with Gasteiger partial charge in [0.25, 0.3) is 0 Å². The summed E-state index contributed by atoms with van der Waals surface area (Å²) in [6.45, 7) is 8.94. The van der Waals surface area contributed by atoms with Gasteiger partial charge in [-0.15, -0.1) is 6.58 Å². The number of carboxylic acid groups (broad SMARTS) is 1. The SMILES string of the molecule is C=CC(C)(O)CC/C=C(/C)CC/C=C(\C)C(=O)O. The van der Waals surface area contributed by atoms with E-state index in [0.29, 0.717) is 12.0 Å². The Morgan fingerprint density at radius 1 is 1.28 bits per heavy atom. The number of aliphatic carboxylic acids is 1. The molecule has 0 saturated carbocycles. The van der Waals surface area contributed by atoms with E-state index in [4.69, 9.17) is 5.11 Å². The lowest BCUT2D eigenvalue weighted by Crippen LogP contribution is -2.19. The molecule has 0 aliphatic rings. The minimum atomic E-state index is -0.862. The fraction of sp³-hybridized carbons (Fsp3) is 0.533. The van der Waals surface area contributed by atoms with Crippen molar-refractivity contribution in [2.45, 2.75) is 52.1 Å². The summed E-state index contributed by atoms with van der Waals surface area (Å²) in [6, 6.07) is 0. The Hall–Kier alpha value is -1.35. The fourth-order valence-corrected chi connectivity index (χ4v) is 1.42. The van der Waals surface area contributed by atoms with E-state index in [-0.39, 0.29) is 0 Å². The van der Waals surface area contributed by atoms with Crippen LogP contribution < -0.4 is 0 Å². The molecule has 0 saturated heterocycles. The number of rotatable bonds is 8. The molecular weight excluding hydrogens is 228 g/mol. The molecule has 0 aromatic heterocycles. The molecule has 1 atom stereocenters. The van der Waals surface area contributed by atoms with Gasteiger partial charge in [0.15, 0.2) is 0 Å². The zero-order valence-electron chi connectivity index (χ0n) is 11.6. The Labute approximate surface area is 110 Å². The van der Waals surface area contributed by atoms with Crippen LogP contribution in [0.3, 0.4) is 0 Å². The van der Waals surface area contributed by atoms with Crippen molar-refractivity contribution < 1.29 is 15.0 Å². The Kier molecular flexibility index (Phi) is 7.29. The van der Waals surface area contributed by atoms with Crippen molar-refractivity contribution in [1.29, 1.82) is 0 Å². The first kappa shape index (κ1) is 16.6. The largest absolute Gasteiger partial charge is 0.478 e. The highest BCUT2D eigenvalue weighted by Gasteiger charge is 2.13. The standard InChI is InChI=1S/C15H24O3/c1-5-15(4,18)11-7-9-12(2)8-6-10-13(3)14(16)17/h5,9-10,18H,1,6-8,11H2,2-4H3,(H,16,17)/b12-9-,13-10+. The van der Waals surface area contributed by atoms with Gasteiger partial charge in [-0.25, -0.2) is 4.79 Å². The highest BCUT2D eigenvalue weighted by molar-refractivity contribution is 5.85. The number of aliphatic hydroxyl groups is 1. The van der Waals surface area contributed by atoms with E-state index in [1.54, 1.807) is 26.0 Å². The van der Waals surface area contributed by atoms with E-state index in [9.17, 15) is 9.90 Å². The monoisotopic (exact) mass is 252 g/mol. The summed E-state index contributed by atoms with van der Waals surface area (Å²) in [6.07, 6.45) is 8.40. The first-order valence-electron chi connectivity index (χ1n) is 6.20. The zero-order chi connectivity index (χ0) is 14.2. The maximum absolute atomic E-state index is 10.6. The molecule has 18 heavy (non-hydrogen) atoms. The van der Waals surface area contributed by atoms with Crippen molar-refractivity contribution in [3.63, 3.8) is 0 Å². The van der Waals surface area contributed by atoms with Crippen LogP contribution in [0.5, 0.6) is 0 Å². The molecule has 0 rings (SSSR count). The van der Waals surface area contributed by atoms with E-state index in [1.165, 1.54) is 5.57 Å². The van der Waals surface area contributed by atoms with Crippen LogP contribution in [-0.2, 0) is 4.79 Å². The molecule has 0 aliphatic carbocycles. The summed E-state index contributed by atoms with van der Waals surface area (Å²) < 4.78 is 0. The van der Waals surface area contributed by atoms with Gasteiger partial charge in [-0.05, 0) is 46.5 Å². The molecular formula is C15H24O3. The zero-order valence-corrected chi connectivity index (χ0v) is 11.6. The normalized spacial score (nSPS) is 16.2. The van der Waals surface area contributed by atoms with Crippen LogP contribution in [0.2, 0.25) is 0 Å². The van der Waals surface area contributed by atoms with Gasteiger partial charge in [0.05, 0.1) is 5.60 Å². The van der Waals surface area contributed by atoms with Gasteiger partial charge in [0.1, 0.15) is 0 Å². The molecule has 0 aromatic rings. The van der Waals surface area contributed by atoms with Crippen molar-refractivity contribution in [2.24, 2.45) is 0 Å². The van der Waals surface area contributed by atoms with Crippen LogP contribution in [-0.4, -0.2) is 21.8 Å². The van der Waals surface area contributed by atoms with Crippen LogP contribution in [0.15, 0.2) is 36.0 Å². The van der Waals surface area contributed by atoms with E-state index >= 15 is 0 Å². The van der Waals surface area contributed by atoms with Crippen LogP contribution in [0.1, 0.15) is 46.5 Å². The average Bonchev–Trinajstić information content (AvgIpc) is 2.28. The lowest BCUT2D eigenvalue weighted by Gasteiger charge is -2.16. The topological polar surface area (TPSA) is 57.5 Å². The second-order valence-corrected chi connectivity index (χ2v) is 4.88. The van der Waals surface area contributed by atoms with Crippen molar-refractivity contribution in [1.82, 2.24) is 0 Å². The molecule has 0 aliphatic heterocycles. The highest BCUT2D eigenvalue weighted by Crippen LogP contribution is 2.15.